The van der Waals surface area contributed by atoms with E-state index in [-0.39, 0.29) is 23.8 Å². The first-order valence-electron chi connectivity index (χ1n) is 6.84. The fourth-order valence-electron chi connectivity index (χ4n) is 2.02. The van der Waals surface area contributed by atoms with Gasteiger partial charge in [0.1, 0.15) is 5.75 Å². The molecule has 7 heteroatoms. The minimum atomic E-state index is -3.73. The van der Waals surface area contributed by atoms with Crippen molar-refractivity contribution in [2.24, 2.45) is 5.14 Å². The summed E-state index contributed by atoms with van der Waals surface area (Å²) in [6.07, 6.45) is 2.39. The number of hydrogen-bond acceptors (Lipinski definition) is 4. The van der Waals surface area contributed by atoms with Crippen LogP contribution in [0, 0.1) is 13.8 Å². The number of nitrogens with two attached hydrogens (primary N) is 1. The first-order chi connectivity index (χ1) is 9.79. The van der Waals surface area contributed by atoms with E-state index in [1.165, 1.54) is 6.07 Å². The molecule has 0 unspecified atom stereocenters. The topological polar surface area (TPSA) is 98.5 Å². The highest BCUT2D eigenvalue weighted by atomic mass is 32.2. The summed E-state index contributed by atoms with van der Waals surface area (Å²) in [5.41, 5.74) is 1.28. The van der Waals surface area contributed by atoms with E-state index in [0.717, 1.165) is 12.8 Å². The third-order valence-electron chi connectivity index (χ3n) is 3.52. The lowest BCUT2D eigenvalue weighted by Gasteiger charge is -2.13. The van der Waals surface area contributed by atoms with E-state index < -0.39 is 10.0 Å². The molecule has 0 bridgehead atoms. The number of benzene rings is 1. The van der Waals surface area contributed by atoms with Gasteiger partial charge in [-0.2, -0.15) is 0 Å². The predicted molar refractivity (Wildman–Crippen MR) is 78.6 cm³/mol. The van der Waals surface area contributed by atoms with Crippen LogP contribution in [0.1, 0.15) is 30.4 Å². The summed E-state index contributed by atoms with van der Waals surface area (Å²) in [7, 11) is -3.73. The van der Waals surface area contributed by atoms with Crippen molar-refractivity contribution in [2.75, 3.05) is 6.61 Å². The van der Waals surface area contributed by atoms with Gasteiger partial charge in [-0.3, -0.25) is 4.79 Å². The maximum Gasteiger partial charge on any atom is 0.238 e. The molecule has 116 valence electrons. The molecule has 0 aromatic heterocycles. The summed E-state index contributed by atoms with van der Waals surface area (Å²) < 4.78 is 28.4. The van der Waals surface area contributed by atoms with Crippen LogP contribution >= 0.6 is 0 Å². The lowest BCUT2D eigenvalue weighted by atomic mass is 10.1. The molecule has 0 saturated heterocycles. The van der Waals surface area contributed by atoms with Crippen molar-refractivity contribution in [1.82, 2.24) is 5.32 Å². The molecule has 0 spiro atoms. The van der Waals surface area contributed by atoms with Gasteiger partial charge in [0.25, 0.3) is 0 Å². The zero-order valence-corrected chi connectivity index (χ0v) is 13.0. The second-order valence-electron chi connectivity index (χ2n) is 5.30. The average molecular weight is 312 g/mol. The van der Waals surface area contributed by atoms with Crippen molar-refractivity contribution in [3.05, 3.63) is 23.3 Å². The second-order valence-corrected chi connectivity index (χ2v) is 6.83. The van der Waals surface area contributed by atoms with Gasteiger partial charge in [0.2, 0.25) is 15.9 Å². The van der Waals surface area contributed by atoms with Gasteiger partial charge >= 0.3 is 0 Å². The molecule has 0 radical (unpaired) electrons. The van der Waals surface area contributed by atoms with Crippen LogP contribution in [0.15, 0.2) is 17.0 Å². The number of nitrogens with one attached hydrogen (secondary N) is 1. The van der Waals surface area contributed by atoms with Crippen LogP contribution in [0.25, 0.3) is 0 Å². The molecule has 3 N–H and O–H groups in total. The average Bonchev–Trinajstić information content (AvgIpc) is 3.17. The van der Waals surface area contributed by atoms with E-state index in [0.29, 0.717) is 22.9 Å². The molecule has 0 aliphatic heterocycles. The highest BCUT2D eigenvalue weighted by Crippen LogP contribution is 2.26. The molecule has 1 aliphatic rings. The normalized spacial score (nSPS) is 14.8. The Hall–Kier alpha value is -1.60. The minimum Gasteiger partial charge on any atom is -0.493 e. The van der Waals surface area contributed by atoms with E-state index >= 15 is 0 Å². The Labute approximate surface area is 124 Å². The minimum absolute atomic E-state index is 0.0203. The maximum absolute atomic E-state index is 11.5. The van der Waals surface area contributed by atoms with Gasteiger partial charge in [0.05, 0.1) is 17.9 Å². The van der Waals surface area contributed by atoms with Crippen LogP contribution in [-0.4, -0.2) is 27.0 Å². The quantitative estimate of drug-likeness (QED) is 0.818. The van der Waals surface area contributed by atoms with Gasteiger partial charge in [-0.1, -0.05) is 0 Å². The molecule has 0 heterocycles. The van der Waals surface area contributed by atoms with Crippen molar-refractivity contribution in [3.63, 3.8) is 0 Å². The summed E-state index contributed by atoms with van der Waals surface area (Å²) in [5.74, 6) is 0.548. The Morgan fingerprint density at radius 1 is 1.33 bits per heavy atom. The van der Waals surface area contributed by atoms with E-state index in [2.05, 4.69) is 5.32 Å². The third kappa shape index (κ3) is 4.18. The smallest absolute Gasteiger partial charge is 0.238 e. The monoisotopic (exact) mass is 312 g/mol. The number of rotatable bonds is 6. The van der Waals surface area contributed by atoms with Crippen LogP contribution in [0.2, 0.25) is 0 Å². The Morgan fingerprint density at radius 3 is 2.57 bits per heavy atom. The van der Waals surface area contributed by atoms with Crippen molar-refractivity contribution >= 4 is 15.9 Å². The molecular formula is C14H20N2O4S. The van der Waals surface area contributed by atoms with Crippen molar-refractivity contribution in [2.45, 2.75) is 44.0 Å². The zero-order chi connectivity index (χ0) is 15.6. The number of hydrogen-bond donors (Lipinski definition) is 2. The molecule has 1 fully saturated rings. The standard InChI is InChI=1S/C14H20N2O4S/c1-9-10(2)13(21(15,18)19)6-5-12(9)20-8-7-14(17)16-11-3-4-11/h5-6,11H,3-4,7-8H2,1-2H3,(H,16,17)(H2,15,18,19). The van der Waals surface area contributed by atoms with Gasteiger partial charge in [-0.15, -0.1) is 0 Å². The molecule has 1 saturated carbocycles. The molecular weight excluding hydrogens is 292 g/mol. The van der Waals surface area contributed by atoms with Crippen LogP contribution in [-0.2, 0) is 14.8 Å². The molecule has 1 aromatic carbocycles. The summed E-state index contributed by atoms with van der Waals surface area (Å²) in [5, 5.41) is 8.03. The summed E-state index contributed by atoms with van der Waals surface area (Å²) >= 11 is 0. The maximum atomic E-state index is 11.5. The second kappa shape index (κ2) is 6.03. The molecule has 21 heavy (non-hydrogen) atoms. The Balaban J connectivity index is 1.97. The summed E-state index contributed by atoms with van der Waals surface area (Å²) in [6.45, 7) is 3.71. The van der Waals surface area contributed by atoms with Gasteiger partial charge < -0.3 is 10.1 Å². The highest BCUT2D eigenvalue weighted by Gasteiger charge is 2.23. The fraction of sp³-hybridized carbons (Fsp3) is 0.500. The van der Waals surface area contributed by atoms with E-state index in [9.17, 15) is 13.2 Å². The van der Waals surface area contributed by atoms with Crippen LogP contribution in [0.3, 0.4) is 0 Å². The van der Waals surface area contributed by atoms with E-state index in [1.54, 1.807) is 19.9 Å². The number of carbonyl (C=O) groups is 1. The molecule has 0 atom stereocenters. The highest BCUT2D eigenvalue weighted by molar-refractivity contribution is 7.89. The largest absolute Gasteiger partial charge is 0.493 e. The number of carbonyl (C=O) groups excluding carboxylic acids is 1. The summed E-state index contributed by atoms with van der Waals surface area (Å²) in [6, 6.07) is 3.34. The number of primary sulfonamides is 1. The zero-order valence-electron chi connectivity index (χ0n) is 12.2. The number of ether oxygens (including phenoxy) is 1. The summed E-state index contributed by atoms with van der Waals surface area (Å²) in [4.78, 5) is 11.6. The Bertz CT molecular complexity index is 651. The fourth-order valence-corrected chi connectivity index (χ4v) is 2.85. The molecule has 1 aliphatic carbocycles. The Kier molecular flexibility index (Phi) is 4.53. The van der Waals surface area contributed by atoms with Gasteiger partial charge in [0.15, 0.2) is 0 Å². The van der Waals surface area contributed by atoms with E-state index in [4.69, 9.17) is 9.88 Å². The van der Waals surface area contributed by atoms with Gasteiger partial charge in [0, 0.05) is 6.04 Å². The molecule has 1 aromatic rings. The third-order valence-corrected chi connectivity index (χ3v) is 4.58. The molecule has 2 rings (SSSR count). The van der Waals surface area contributed by atoms with Crippen molar-refractivity contribution < 1.29 is 17.9 Å². The van der Waals surface area contributed by atoms with Crippen LogP contribution in [0.5, 0.6) is 5.75 Å². The lowest BCUT2D eigenvalue weighted by molar-refractivity contribution is -0.121. The predicted octanol–water partition coefficient (Wildman–Crippen LogP) is 0.998. The number of amides is 1. The number of sulfonamides is 1. The Morgan fingerprint density at radius 2 is 2.00 bits per heavy atom. The molecule has 6 nitrogen and oxygen atoms in total. The van der Waals surface area contributed by atoms with Crippen molar-refractivity contribution in [3.8, 4) is 5.75 Å². The van der Waals surface area contributed by atoms with Crippen LogP contribution < -0.4 is 15.2 Å². The van der Waals surface area contributed by atoms with Crippen molar-refractivity contribution in [1.29, 1.82) is 0 Å². The van der Waals surface area contributed by atoms with Gasteiger partial charge in [-0.05, 0) is 49.9 Å². The SMILES string of the molecule is Cc1c(OCCC(=O)NC2CC2)ccc(S(N)(=O)=O)c1C. The molecule has 1 amide bonds. The lowest BCUT2D eigenvalue weighted by Crippen LogP contribution is -2.26. The van der Waals surface area contributed by atoms with Gasteiger partial charge in [-0.25, -0.2) is 13.6 Å². The first-order valence-corrected chi connectivity index (χ1v) is 8.39. The van der Waals surface area contributed by atoms with Crippen LogP contribution in [0.4, 0.5) is 0 Å². The first kappa shape index (κ1) is 15.8. The van der Waals surface area contributed by atoms with E-state index in [1.807, 2.05) is 0 Å².